The lowest BCUT2D eigenvalue weighted by molar-refractivity contribution is 1.15. The number of anilines is 1. The van der Waals surface area contributed by atoms with Gasteiger partial charge in [-0.05, 0) is 29.9 Å². The molecular formula is C10H8BrN3S. The highest BCUT2D eigenvalue weighted by atomic mass is 79.9. The van der Waals surface area contributed by atoms with Gasteiger partial charge in [-0.25, -0.2) is 4.98 Å². The third-order valence-corrected chi connectivity index (χ3v) is 2.73. The zero-order valence-corrected chi connectivity index (χ0v) is 10.1. The second kappa shape index (κ2) is 4.12. The van der Waals surface area contributed by atoms with Crippen LogP contribution in [0.3, 0.4) is 0 Å². The molecule has 1 heterocycles. The number of H-pyrrole nitrogens is 1. The van der Waals surface area contributed by atoms with Crippen molar-refractivity contribution in [1.29, 1.82) is 0 Å². The van der Waals surface area contributed by atoms with Crippen LogP contribution in [0, 0.1) is 4.77 Å². The normalized spacial score (nSPS) is 10.2. The Balaban J connectivity index is 2.54. The molecule has 0 amide bonds. The molecule has 1 aromatic heterocycles. The van der Waals surface area contributed by atoms with E-state index in [-0.39, 0.29) is 0 Å². The van der Waals surface area contributed by atoms with Crippen LogP contribution in [0.25, 0.3) is 11.1 Å². The number of hydrogen-bond acceptors (Lipinski definition) is 3. The molecule has 0 atom stereocenters. The monoisotopic (exact) mass is 281 g/mol. The van der Waals surface area contributed by atoms with Crippen molar-refractivity contribution in [2.45, 2.75) is 0 Å². The summed E-state index contributed by atoms with van der Waals surface area (Å²) in [5.74, 6) is 0.539. The number of aromatic nitrogens is 2. The molecule has 0 aliphatic heterocycles. The molecule has 0 fully saturated rings. The van der Waals surface area contributed by atoms with Crippen molar-refractivity contribution in [3.8, 4) is 11.1 Å². The predicted octanol–water partition coefficient (Wildman–Crippen LogP) is 3.15. The Morgan fingerprint density at radius 1 is 1.27 bits per heavy atom. The summed E-state index contributed by atoms with van der Waals surface area (Å²) in [5.41, 5.74) is 7.68. The fraction of sp³-hybridized carbons (Fsp3) is 0. The summed E-state index contributed by atoms with van der Waals surface area (Å²) in [6.45, 7) is 0. The van der Waals surface area contributed by atoms with Crippen LogP contribution in [0.4, 0.5) is 5.82 Å². The van der Waals surface area contributed by atoms with Gasteiger partial charge in [-0.15, -0.1) is 0 Å². The van der Waals surface area contributed by atoms with E-state index in [4.69, 9.17) is 18.0 Å². The molecular weight excluding hydrogens is 274 g/mol. The summed E-state index contributed by atoms with van der Waals surface area (Å²) in [6, 6.07) is 7.84. The molecule has 0 saturated carbocycles. The number of halogens is 1. The Labute approximate surface area is 100 Å². The summed E-state index contributed by atoms with van der Waals surface area (Å²) in [7, 11) is 0. The topological polar surface area (TPSA) is 54.7 Å². The number of nitrogens with two attached hydrogens (primary N) is 1. The van der Waals surface area contributed by atoms with E-state index < -0.39 is 0 Å². The average molecular weight is 282 g/mol. The number of benzene rings is 1. The molecule has 1 aromatic carbocycles. The molecule has 0 unspecified atom stereocenters. The summed E-state index contributed by atoms with van der Waals surface area (Å²) < 4.78 is 1.43. The minimum Gasteiger partial charge on any atom is -0.385 e. The van der Waals surface area contributed by atoms with E-state index in [0.717, 1.165) is 15.6 Å². The van der Waals surface area contributed by atoms with Gasteiger partial charge in [0.2, 0.25) is 0 Å². The molecule has 3 N–H and O–H groups in total. The first-order valence-electron chi connectivity index (χ1n) is 4.27. The number of nitrogens with one attached hydrogen (secondary N) is 1. The highest BCUT2D eigenvalue weighted by Crippen LogP contribution is 2.24. The van der Waals surface area contributed by atoms with Gasteiger partial charge in [0.15, 0.2) is 4.77 Å². The van der Waals surface area contributed by atoms with E-state index in [0.29, 0.717) is 10.6 Å². The van der Waals surface area contributed by atoms with E-state index in [1.807, 2.05) is 24.3 Å². The van der Waals surface area contributed by atoms with Gasteiger partial charge in [0, 0.05) is 16.2 Å². The minimum atomic E-state index is 0.397. The first-order valence-corrected chi connectivity index (χ1v) is 5.47. The van der Waals surface area contributed by atoms with Gasteiger partial charge in [-0.1, -0.05) is 28.1 Å². The lowest BCUT2D eigenvalue weighted by atomic mass is 10.1. The second-order valence-electron chi connectivity index (χ2n) is 3.02. The third kappa shape index (κ3) is 2.24. The fourth-order valence-electron chi connectivity index (χ4n) is 1.27. The quantitative estimate of drug-likeness (QED) is 0.790. The lowest BCUT2D eigenvalue weighted by Crippen LogP contribution is -1.95. The third-order valence-electron chi connectivity index (χ3n) is 2.00. The van der Waals surface area contributed by atoms with Gasteiger partial charge >= 0.3 is 0 Å². The van der Waals surface area contributed by atoms with Crippen molar-refractivity contribution in [1.82, 2.24) is 9.97 Å². The maximum Gasteiger partial charge on any atom is 0.198 e. The van der Waals surface area contributed by atoms with Gasteiger partial charge in [-0.3, -0.25) is 0 Å². The van der Waals surface area contributed by atoms with Gasteiger partial charge in [0.25, 0.3) is 0 Å². The van der Waals surface area contributed by atoms with Gasteiger partial charge in [0.1, 0.15) is 5.82 Å². The van der Waals surface area contributed by atoms with Crippen molar-refractivity contribution >= 4 is 34.0 Å². The smallest absolute Gasteiger partial charge is 0.198 e. The summed E-state index contributed by atoms with van der Waals surface area (Å²) in [5, 5.41) is 0. The van der Waals surface area contributed by atoms with Gasteiger partial charge < -0.3 is 10.7 Å². The molecule has 0 aliphatic rings. The lowest BCUT2D eigenvalue weighted by Gasteiger charge is -2.04. The number of hydrogen-bond donors (Lipinski definition) is 2. The fourth-order valence-corrected chi connectivity index (χ4v) is 1.69. The largest absolute Gasteiger partial charge is 0.385 e. The summed E-state index contributed by atoms with van der Waals surface area (Å²) in [6.07, 6.45) is 1.68. The molecule has 5 heteroatoms. The van der Waals surface area contributed by atoms with Crippen molar-refractivity contribution in [2.75, 3.05) is 5.73 Å². The van der Waals surface area contributed by atoms with Crippen molar-refractivity contribution in [2.24, 2.45) is 0 Å². The van der Waals surface area contributed by atoms with E-state index in [2.05, 4.69) is 25.9 Å². The first kappa shape index (κ1) is 10.3. The molecule has 3 nitrogen and oxygen atoms in total. The summed E-state index contributed by atoms with van der Waals surface area (Å²) >= 11 is 8.25. The van der Waals surface area contributed by atoms with Gasteiger partial charge in [-0.2, -0.15) is 0 Å². The Morgan fingerprint density at radius 3 is 2.53 bits per heavy atom. The Kier molecular flexibility index (Phi) is 2.83. The molecule has 15 heavy (non-hydrogen) atoms. The van der Waals surface area contributed by atoms with E-state index in [1.165, 1.54) is 0 Å². The van der Waals surface area contributed by atoms with Crippen LogP contribution in [0.15, 0.2) is 34.9 Å². The number of nitrogens with zero attached hydrogens (tertiary/aromatic N) is 1. The molecule has 2 aromatic rings. The van der Waals surface area contributed by atoms with Crippen LogP contribution >= 0.6 is 28.1 Å². The van der Waals surface area contributed by atoms with Crippen LogP contribution in [0.2, 0.25) is 0 Å². The molecule has 2 rings (SSSR count). The molecule has 76 valence electrons. The van der Waals surface area contributed by atoms with Gasteiger partial charge in [0.05, 0.1) is 0 Å². The molecule has 0 spiro atoms. The Hall–Kier alpha value is -1.20. The van der Waals surface area contributed by atoms with Crippen LogP contribution in [-0.2, 0) is 0 Å². The van der Waals surface area contributed by atoms with E-state index in [1.54, 1.807) is 6.20 Å². The molecule has 0 saturated heterocycles. The van der Waals surface area contributed by atoms with Crippen molar-refractivity contribution in [3.63, 3.8) is 0 Å². The van der Waals surface area contributed by atoms with Crippen LogP contribution in [-0.4, -0.2) is 9.97 Å². The van der Waals surface area contributed by atoms with Crippen LogP contribution in [0.5, 0.6) is 0 Å². The zero-order chi connectivity index (χ0) is 10.8. The Bertz CT molecular complexity index is 533. The SMILES string of the molecule is Nc1[nH]c(=S)ncc1-c1ccc(Br)cc1. The number of rotatable bonds is 1. The number of aromatic amines is 1. The highest BCUT2D eigenvalue weighted by molar-refractivity contribution is 9.10. The van der Waals surface area contributed by atoms with E-state index in [9.17, 15) is 0 Å². The Morgan fingerprint density at radius 2 is 1.93 bits per heavy atom. The van der Waals surface area contributed by atoms with Crippen molar-refractivity contribution < 1.29 is 0 Å². The standard InChI is InChI=1S/C10H8BrN3S/c11-7-3-1-6(2-4-7)8-5-13-10(15)14-9(8)12/h1-5H,(H3,12,13,14,15). The molecule has 0 bridgehead atoms. The first-order chi connectivity index (χ1) is 7.16. The minimum absolute atomic E-state index is 0.397. The second-order valence-corrected chi connectivity index (χ2v) is 4.32. The average Bonchev–Trinajstić information content (AvgIpc) is 2.20. The summed E-state index contributed by atoms with van der Waals surface area (Å²) in [4.78, 5) is 6.83. The highest BCUT2D eigenvalue weighted by Gasteiger charge is 2.02. The predicted molar refractivity (Wildman–Crippen MR) is 67.0 cm³/mol. The van der Waals surface area contributed by atoms with Crippen LogP contribution < -0.4 is 5.73 Å². The van der Waals surface area contributed by atoms with E-state index >= 15 is 0 Å². The van der Waals surface area contributed by atoms with Crippen LogP contribution in [0.1, 0.15) is 0 Å². The maximum atomic E-state index is 5.82. The van der Waals surface area contributed by atoms with Crippen molar-refractivity contribution in [3.05, 3.63) is 39.7 Å². The molecule has 0 aliphatic carbocycles. The maximum absolute atomic E-state index is 5.82. The molecule has 0 radical (unpaired) electrons. The number of nitrogen functional groups attached to an aromatic ring is 1. The zero-order valence-electron chi connectivity index (χ0n) is 7.70.